The molecule has 0 N–H and O–H groups in total. The monoisotopic (exact) mass is 402 g/mol. The lowest BCUT2D eigenvalue weighted by molar-refractivity contribution is -0.112. The Morgan fingerprint density at radius 2 is 1.68 bits per heavy atom. The summed E-state index contributed by atoms with van der Waals surface area (Å²) in [5.41, 5.74) is 0.374. The van der Waals surface area contributed by atoms with E-state index in [4.69, 9.17) is 14.2 Å². The van der Waals surface area contributed by atoms with Gasteiger partial charge in [-0.3, -0.25) is 0 Å². The average Bonchev–Trinajstić information content (AvgIpc) is 2.69. The van der Waals surface area contributed by atoms with Crippen LogP contribution in [0.3, 0.4) is 0 Å². The van der Waals surface area contributed by atoms with Crippen LogP contribution in [0.15, 0.2) is 65.1 Å². The summed E-state index contributed by atoms with van der Waals surface area (Å²) in [5.74, 6) is 1.47. The molecule has 0 saturated carbocycles. The van der Waals surface area contributed by atoms with Gasteiger partial charge < -0.3 is 19.0 Å². The van der Waals surface area contributed by atoms with Gasteiger partial charge in [0.25, 0.3) is 0 Å². The summed E-state index contributed by atoms with van der Waals surface area (Å²) in [4.78, 5) is 11.8. The highest BCUT2D eigenvalue weighted by molar-refractivity contribution is 7.88. The second kappa shape index (κ2) is 10.7. The van der Waals surface area contributed by atoms with Crippen LogP contribution in [-0.2, 0) is 20.3 Å². The quantitative estimate of drug-likeness (QED) is 0.411. The molecule has 150 valence electrons. The van der Waals surface area contributed by atoms with Gasteiger partial charge in [0.1, 0.15) is 23.4 Å². The molecule has 6 heteroatoms. The van der Waals surface area contributed by atoms with Gasteiger partial charge >= 0.3 is 0 Å². The van der Waals surface area contributed by atoms with Crippen molar-refractivity contribution >= 4 is 17.1 Å². The van der Waals surface area contributed by atoms with Crippen LogP contribution < -0.4 is 9.47 Å². The highest BCUT2D eigenvalue weighted by atomic mass is 32.2. The Hall–Kier alpha value is -2.60. The number of aldehydes is 1. The predicted octanol–water partition coefficient (Wildman–Crippen LogP) is 4.42. The summed E-state index contributed by atoms with van der Waals surface area (Å²) in [6.45, 7) is 4.19. The van der Waals surface area contributed by atoms with Crippen LogP contribution in [0.25, 0.3) is 0 Å². The molecule has 0 radical (unpaired) electrons. The number of benzene rings is 2. The summed E-state index contributed by atoms with van der Waals surface area (Å²) in [6, 6.07) is 14.7. The fourth-order valence-electron chi connectivity index (χ4n) is 2.44. The molecule has 0 aliphatic heterocycles. The molecule has 2 aromatic rings. The van der Waals surface area contributed by atoms with E-state index in [2.05, 4.69) is 0 Å². The van der Waals surface area contributed by atoms with Crippen molar-refractivity contribution in [3.8, 4) is 11.5 Å². The number of carbonyl (C=O) groups excluding carboxylic acids is 1. The number of rotatable bonds is 11. The minimum Gasteiger partial charge on any atom is -0.497 e. The van der Waals surface area contributed by atoms with Gasteiger partial charge in [0.2, 0.25) is 0 Å². The topological polar surface area (TPSA) is 61.8 Å². The second-order valence-electron chi connectivity index (χ2n) is 6.60. The van der Waals surface area contributed by atoms with Crippen LogP contribution >= 0.6 is 0 Å². The number of hydrogen-bond acceptors (Lipinski definition) is 5. The number of hydrogen-bond donors (Lipinski definition) is 0. The Bertz CT molecular complexity index is 799. The normalized spacial score (nSPS) is 14.2. The smallest absolute Gasteiger partial charge is 0.123 e. The molecular weight excluding hydrogens is 376 g/mol. The van der Waals surface area contributed by atoms with Gasteiger partial charge in [-0.05, 0) is 50.2 Å². The molecule has 0 bridgehead atoms. The Morgan fingerprint density at radius 3 is 2.29 bits per heavy atom. The molecular formula is C22H26O5S. The predicted molar refractivity (Wildman–Crippen MR) is 110 cm³/mol. The third-order valence-corrected chi connectivity index (χ3v) is 5.35. The molecule has 0 aliphatic rings. The van der Waals surface area contributed by atoms with E-state index < -0.39 is 16.4 Å². The van der Waals surface area contributed by atoms with Crippen molar-refractivity contribution in [1.29, 1.82) is 0 Å². The molecule has 5 nitrogen and oxygen atoms in total. The Kier molecular flexibility index (Phi) is 8.26. The lowest BCUT2D eigenvalue weighted by Gasteiger charge is -2.27. The minimum atomic E-state index is -1.31. The standard InChI is InChI=1S/C22H26O5S/c1-18-4-10-21(11-5-18)28(24)17-16-27-22(2,12-14-23)13-15-26-20-8-6-19(25-3)7-9-20/h4-11,14,16-17H,12-13,15H2,1-3H3/b17-16-/t22-,28?/m1/s1. The Morgan fingerprint density at radius 1 is 1.04 bits per heavy atom. The van der Waals surface area contributed by atoms with Crippen LogP contribution in [0.1, 0.15) is 25.3 Å². The highest BCUT2D eigenvalue weighted by Gasteiger charge is 2.24. The zero-order valence-electron chi connectivity index (χ0n) is 16.4. The number of carbonyl (C=O) groups is 1. The lowest BCUT2D eigenvalue weighted by Crippen LogP contribution is -2.29. The average molecular weight is 403 g/mol. The summed E-state index contributed by atoms with van der Waals surface area (Å²) in [7, 11) is 0.303. The van der Waals surface area contributed by atoms with Gasteiger partial charge in [-0.15, -0.1) is 0 Å². The van der Waals surface area contributed by atoms with Crippen molar-refractivity contribution < 1.29 is 23.2 Å². The van der Waals surface area contributed by atoms with E-state index in [0.29, 0.717) is 23.7 Å². The zero-order valence-corrected chi connectivity index (χ0v) is 17.2. The molecule has 0 aliphatic carbocycles. The molecule has 0 spiro atoms. The first-order chi connectivity index (χ1) is 13.5. The van der Waals surface area contributed by atoms with E-state index in [9.17, 15) is 9.00 Å². The fourth-order valence-corrected chi connectivity index (χ4v) is 3.15. The second-order valence-corrected chi connectivity index (χ2v) is 7.93. The van der Waals surface area contributed by atoms with E-state index in [1.165, 1.54) is 11.7 Å². The van der Waals surface area contributed by atoms with Gasteiger partial charge in [-0.25, -0.2) is 4.21 Å². The maximum Gasteiger partial charge on any atom is 0.123 e. The van der Waals surface area contributed by atoms with Crippen LogP contribution in [0.4, 0.5) is 0 Å². The third kappa shape index (κ3) is 6.85. The molecule has 2 aromatic carbocycles. The molecule has 0 aromatic heterocycles. The van der Waals surface area contributed by atoms with Crippen molar-refractivity contribution in [2.24, 2.45) is 0 Å². The van der Waals surface area contributed by atoms with E-state index in [1.54, 1.807) is 7.11 Å². The molecule has 0 heterocycles. The maximum absolute atomic E-state index is 12.3. The molecule has 2 atom stereocenters. The van der Waals surface area contributed by atoms with Gasteiger partial charge in [-0.1, -0.05) is 17.7 Å². The highest BCUT2D eigenvalue weighted by Crippen LogP contribution is 2.22. The van der Waals surface area contributed by atoms with E-state index in [-0.39, 0.29) is 6.42 Å². The van der Waals surface area contributed by atoms with Crippen LogP contribution in [0.5, 0.6) is 11.5 Å². The summed E-state index contributed by atoms with van der Waals surface area (Å²) >= 11 is 0. The van der Waals surface area contributed by atoms with Crippen molar-refractivity contribution in [2.45, 2.75) is 37.2 Å². The molecule has 0 amide bonds. The Labute approximate surface area is 168 Å². The minimum absolute atomic E-state index is 0.209. The molecule has 2 rings (SSSR count). The molecule has 28 heavy (non-hydrogen) atoms. The van der Waals surface area contributed by atoms with Crippen molar-refractivity contribution in [2.75, 3.05) is 13.7 Å². The first-order valence-corrected chi connectivity index (χ1v) is 10.2. The summed E-state index contributed by atoms with van der Waals surface area (Å²) < 4.78 is 28.9. The van der Waals surface area contributed by atoms with Crippen molar-refractivity contribution in [1.82, 2.24) is 0 Å². The van der Waals surface area contributed by atoms with E-state index in [1.807, 2.05) is 62.4 Å². The van der Waals surface area contributed by atoms with Crippen LogP contribution in [0.2, 0.25) is 0 Å². The Balaban J connectivity index is 1.89. The molecule has 0 saturated heterocycles. The maximum atomic E-state index is 12.3. The molecule has 1 unspecified atom stereocenters. The van der Waals surface area contributed by atoms with Crippen molar-refractivity contribution in [3.05, 3.63) is 65.8 Å². The lowest BCUT2D eigenvalue weighted by atomic mass is 9.99. The van der Waals surface area contributed by atoms with Gasteiger partial charge in [-0.2, -0.15) is 0 Å². The number of methoxy groups -OCH3 is 1. The number of aryl methyl sites for hydroxylation is 1. The van der Waals surface area contributed by atoms with Gasteiger partial charge in [0, 0.05) is 23.1 Å². The van der Waals surface area contributed by atoms with Crippen LogP contribution in [0, 0.1) is 6.92 Å². The van der Waals surface area contributed by atoms with Gasteiger partial charge in [0.05, 0.1) is 30.8 Å². The van der Waals surface area contributed by atoms with Crippen molar-refractivity contribution in [3.63, 3.8) is 0 Å². The molecule has 0 fully saturated rings. The first-order valence-electron chi connectivity index (χ1n) is 8.98. The first kappa shape index (κ1) is 21.7. The summed E-state index contributed by atoms with van der Waals surface area (Å²) in [5, 5.41) is 1.48. The van der Waals surface area contributed by atoms with E-state index >= 15 is 0 Å². The zero-order chi connectivity index (χ0) is 20.4. The van der Waals surface area contributed by atoms with Gasteiger partial charge in [0.15, 0.2) is 0 Å². The van der Waals surface area contributed by atoms with E-state index in [0.717, 1.165) is 17.6 Å². The largest absolute Gasteiger partial charge is 0.497 e. The fraction of sp³-hybridized carbons (Fsp3) is 0.318. The van der Waals surface area contributed by atoms with Crippen LogP contribution in [-0.4, -0.2) is 29.8 Å². The summed E-state index contributed by atoms with van der Waals surface area (Å²) in [6.07, 6.45) is 2.94. The SMILES string of the molecule is COc1ccc(OCC[C@@](C)(CC=O)O/C=C\S(=O)c2ccc(C)cc2)cc1. The third-order valence-electron chi connectivity index (χ3n) is 4.26. The number of ether oxygens (including phenoxy) is 3.